The van der Waals surface area contributed by atoms with Crippen molar-refractivity contribution in [1.82, 2.24) is 9.55 Å². The van der Waals surface area contributed by atoms with Crippen LogP contribution in [0.3, 0.4) is 0 Å². The number of H-pyrrole nitrogens is 1. The topological polar surface area (TPSA) is 204 Å². The van der Waals surface area contributed by atoms with Crippen LogP contribution in [-0.4, -0.2) is 61.5 Å². The summed E-state index contributed by atoms with van der Waals surface area (Å²) in [7, 11) is -9.52. The first-order valence-electron chi connectivity index (χ1n) is 11.3. The summed E-state index contributed by atoms with van der Waals surface area (Å²) in [6.45, 7) is 1.03. The lowest BCUT2D eigenvalue weighted by molar-refractivity contribution is -0.0596. The lowest BCUT2D eigenvalue weighted by Crippen LogP contribution is -2.40. The number of phosphoric ester groups is 1. The molecule has 0 amide bonds. The molecule has 204 valence electrons. The van der Waals surface area contributed by atoms with Gasteiger partial charge in [-0.15, -0.1) is 0 Å². The van der Waals surface area contributed by atoms with E-state index in [4.69, 9.17) is 14.0 Å². The van der Waals surface area contributed by atoms with Gasteiger partial charge in [0, 0.05) is 12.3 Å². The zero-order valence-electron chi connectivity index (χ0n) is 19.7. The van der Waals surface area contributed by atoms with Crippen molar-refractivity contribution in [3.05, 3.63) is 69.0 Å². The van der Waals surface area contributed by atoms with Gasteiger partial charge in [-0.2, -0.15) is 0 Å². The number of aliphatic hydroxyl groups excluding tert-OH is 1. The summed E-state index contributed by atoms with van der Waals surface area (Å²) in [4.78, 5) is 58.2. The van der Waals surface area contributed by atoms with Crippen molar-refractivity contribution in [2.24, 2.45) is 0 Å². The minimum atomic E-state index is -5.07. The highest BCUT2D eigenvalue weighted by atomic mass is 31.3. The lowest BCUT2D eigenvalue weighted by Gasteiger charge is -2.22. The molecule has 1 aliphatic rings. The van der Waals surface area contributed by atoms with Crippen LogP contribution in [0.4, 0.5) is 0 Å². The Hall–Kier alpha value is -2.41. The van der Waals surface area contributed by atoms with Gasteiger partial charge in [0.15, 0.2) is 12.3 Å². The lowest BCUT2D eigenvalue weighted by atomic mass is 10.1. The average Bonchev–Trinajstić information content (AvgIpc) is 3.12. The molecule has 0 spiro atoms. The van der Waals surface area contributed by atoms with E-state index in [9.17, 15) is 38.4 Å². The maximum atomic E-state index is 12.6. The highest BCUT2D eigenvalue weighted by Gasteiger charge is 2.49. The van der Waals surface area contributed by atoms with Crippen molar-refractivity contribution in [2.45, 2.75) is 50.7 Å². The Balaban J connectivity index is 1.77. The Bertz CT molecular complexity index is 1280. The molecule has 0 aliphatic carbocycles. The first-order valence-corrected chi connectivity index (χ1v) is 14.6. The van der Waals surface area contributed by atoms with Gasteiger partial charge in [0.1, 0.15) is 12.2 Å². The maximum absolute atomic E-state index is 12.6. The van der Waals surface area contributed by atoms with Crippen LogP contribution >= 0.6 is 15.4 Å². The second kappa shape index (κ2) is 12.4. The van der Waals surface area contributed by atoms with Gasteiger partial charge in [-0.05, 0) is 18.6 Å². The summed E-state index contributed by atoms with van der Waals surface area (Å²) in [6.07, 6.45) is -3.74. The zero-order valence-corrected chi connectivity index (χ0v) is 21.5. The molecule has 1 aromatic heterocycles. The van der Waals surface area contributed by atoms with Crippen LogP contribution in [0, 0.1) is 0 Å². The predicted molar refractivity (Wildman–Crippen MR) is 128 cm³/mol. The molecule has 6 atom stereocenters. The first kappa shape index (κ1) is 29.2. The second-order valence-corrected chi connectivity index (χ2v) is 11.8. The molecule has 0 bridgehead atoms. The third-order valence-electron chi connectivity index (χ3n) is 5.37. The van der Waals surface area contributed by atoms with E-state index in [1.165, 1.54) is 12.1 Å². The summed E-state index contributed by atoms with van der Waals surface area (Å²) in [6, 6.07) is 8.76. The van der Waals surface area contributed by atoms with Crippen LogP contribution in [0.1, 0.15) is 42.8 Å². The second-order valence-electron chi connectivity index (χ2n) is 8.22. The number of esters is 1. The van der Waals surface area contributed by atoms with Gasteiger partial charge in [0.05, 0.1) is 18.3 Å². The van der Waals surface area contributed by atoms with E-state index in [0.717, 1.165) is 23.3 Å². The minimum absolute atomic E-state index is 0.136. The molecule has 1 aliphatic heterocycles. The number of phosphoric acid groups is 1. The van der Waals surface area contributed by atoms with Crippen molar-refractivity contribution in [1.29, 1.82) is 0 Å². The van der Waals surface area contributed by atoms with Gasteiger partial charge in [0.25, 0.3) is 5.56 Å². The van der Waals surface area contributed by atoms with Gasteiger partial charge in [-0.3, -0.25) is 23.4 Å². The summed E-state index contributed by atoms with van der Waals surface area (Å²) >= 11 is 0. The van der Waals surface area contributed by atoms with E-state index in [0.29, 0.717) is 12.8 Å². The highest BCUT2D eigenvalue weighted by Crippen LogP contribution is 2.60. The van der Waals surface area contributed by atoms with Crippen molar-refractivity contribution >= 4 is 21.4 Å². The number of carbonyl (C=O) groups excluding carboxylic acids is 1. The summed E-state index contributed by atoms with van der Waals surface area (Å²) in [5, 5.41) is 10.8. The SMILES string of the molecule is CCCCCP(=O)(O)OP(=O)(O)OCC1OC(n2ccc(=O)[nH]c2=O)C(OC(=O)c2ccccc2)C1O. The van der Waals surface area contributed by atoms with E-state index in [2.05, 4.69) is 4.31 Å². The van der Waals surface area contributed by atoms with Gasteiger partial charge < -0.3 is 24.4 Å². The van der Waals surface area contributed by atoms with Crippen LogP contribution in [0.15, 0.2) is 52.2 Å². The highest BCUT2D eigenvalue weighted by molar-refractivity contribution is 7.64. The summed E-state index contributed by atoms with van der Waals surface area (Å²) < 4.78 is 45.4. The average molecular weight is 562 g/mol. The molecule has 2 heterocycles. The Morgan fingerprint density at radius 1 is 1.14 bits per heavy atom. The third-order valence-corrected chi connectivity index (χ3v) is 8.57. The smallest absolute Gasteiger partial charge is 0.451 e. The number of nitrogens with zero attached hydrogens (tertiary/aromatic N) is 1. The first-order chi connectivity index (χ1) is 17.4. The molecule has 4 N–H and O–H groups in total. The van der Waals surface area contributed by atoms with Crippen LogP contribution in [0.2, 0.25) is 0 Å². The Labute approximate surface area is 210 Å². The van der Waals surface area contributed by atoms with E-state index in [1.807, 2.05) is 11.9 Å². The summed E-state index contributed by atoms with van der Waals surface area (Å²) in [5.41, 5.74) is -1.50. The number of ether oxygens (including phenoxy) is 2. The molecular weight excluding hydrogens is 534 g/mol. The number of rotatable bonds is 12. The van der Waals surface area contributed by atoms with E-state index in [-0.39, 0.29) is 11.7 Å². The largest absolute Gasteiger partial charge is 0.479 e. The van der Waals surface area contributed by atoms with E-state index in [1.54, 1.807) is 18.2 Å². The zero-order chi connectivity index (χ0) is 27.2. The number of aromatic nitrogens is 2. The summed E-state index contributed by atoms with van der Waals surface area (Å²) in [5.74, 6) is -0.859. The monoisotopic (exact) mass is 562 g/mol. The molecule has 37 heavy (non-hydrogen) atoms. The number of benzene rings is 1. The molecule has 0 saturated carbocycles. The number of hydrogen-bond acceptors (Lipinski definition) is 10. The number of aliphatic hydroxyl groups is 1. The van der Waals surface area contributed by atoms with Crippen LogP contribution in [-0.2, 0) is 27.4 Å². The van der Waals surface area contributed by atoms with Crippen LogP contribution in [0.5, 0.6) is 0 Å². The molecular formula is C21H28N2O12P2. The standard InChI is InChI=1S/C21H28N2O12P2/c1-2-3-7-12-36(28,29)35-37(30,31)32-13-15-17(25)18(34-20(26)14-8-5-4-6-9-14)19(33-15)23-11-10-16(24)22-21(23)27/h4-6,8-11,15,17-19,25H,2-3,7,12-13H2,1H3,(H,28,29)(H,30,31)(H,22,24,27). The third kappa shape index (κ3) is 8.03. The van der Waals surface area contributed by atoms with Crippen molar-refractivity contribution < 1.29 is 47.1 Å². The Morgan fingerprint density at radius 3 is 2.49 bits per heavy atom. The van der Waals surface area contributed by atoms with Crippen LogP contribution < -0.4 is 11.2 Å². The van der Waals surface area contributed by atoms with E-state index >= 15 is 0 Å². The van der Waals surface area contributed by atoms with E-state index < -0.39 is 63.8 Å². The van der Waals surface area contributed by atoms with Crippen LogP contribution in [0.25, 0.3) is 0 Å². The van der Waals surface area contributed by atoms with Crippen molar-refractivity contribution in [3.63, 3.8) is 0 Å². The molecule has 16 heteroatoms. The number of carbonyl (C=O) groups is 1. The molecule has 1 saturated heterocycles. The normalized spacial score (nSPS) is 24.8. The molecule has 3 rings (SSSR count). The fourth-order valence-corrected chi connectivity index (χ4v) is 6.32. The van der Waals surface area contributed by atoms with Gasteiger partial charge in [-0.1, -0.05) is 38.0 Å². The molecule has 1 aromatic carbocycles. The predicted octanol–water partition coefficient (Wildman–Crippen LogP) is 1.53. The number of hydrogen-bond donors (Lipinski definition) is 4. The van der Waals surface area contributed by atoms with Crippen molar-refractivity contribution in [3.8, 4) is 0 Å². The molecule has 1 fully saturated rings. The van der Waals surface area contributed by atoms with Gasteiger partial charge in [-0.25, -0.2) is 18.5 Å². The number of nitrogens with one attached hydrogen (secondary N) is 1. The fraction of sp³-hybridized carbons (Fsp3) is 0.476. The molecule has 0 radical (unpaired) electrons. The molecule has 14 nitrogen and oxygen atoms in total. The maximum Gasteiger partial charge on any atom is 0.479 e. The Kier molecular flexibility index (Phi) is 9.79. The van der Waals surface area contributed by atoms with Gasteiger partial charge >= 0.3 is 27.1 Å². The number of unbranched alkanes of at least 4 members (excludes halogenated alkanes) is 2. The minimum Gasteiger partial charge on any atom is -0.451 e. The Morgan fingerprint density at radius 2 is 1.84 bits per heavy atom. The molecule has 2 aromatic rings. The number of aromatic amines is 1. The molecule has 6 unspecified atom stereocenters. The van der Waals surface area contributed by atoms with Crippen molar-refractivity contribution in [2.75, 3.05) is 12.8 Å². The fourth-order valence-electron chi connectivity index (χ4n) is 3.56. The quantitative estimate of drug-likeness (QED) is 0.165. The van der Waals surface area contributed by atoms with Gasteiger partial charge in [0.2, 0.25) is 0 Å².